The second kappa shape index (κ2) is 10.1. The summed E-state index contributed by atoms with van der Waals surface area (Å²) in [5.74, 6) is 1.47. The Hall–Kier alpha value is -1.04. The number of hydrogen-bond acceptors (Lipinski definition) is 4. The minimum atomic E-state index is 0.254. The van der Waals surface area contributed by atoms with Gasteiger partial charge in [0.2, 0.25) is 5.91 Å². The van der Waals surface area contributed by atoms with Crippen LogP contribution in [0.25, 0.3) is 0 Å². The van der Waals surface area contributed by atoms with Crippen molar-refractivity contribution in [1.29, 1.82) is 0 Å². The molecule has 1 amide bonds. The Morgan fingerprint density at radius 3 is 2.29 bits per heavy atom. The summed E-state index contributed by atoms with van der Waals surface area (Å²) in [6, 6.07) is 10.7. The molecular formula is C23H34N2O2S. The third kappa shape index (κ3) is 5.52. The van der Waals surface area contributed by atoms with Crippen molar-refractivity contribution < 1.29 is 9.53 Å². The highest BCUT2D eigenvalue weighted by atomic mass is 32.2. The molecule has 0 unspecified atom stereocenters. The van der Waals surface area contributed by atoms with Crippen molar-refractivity contribution in [3.05, 3.63) is 30.3 Å². The van der Waals surface area contributed by atoms with Crippen LogP contribution in [-0.2, 0) is 9.53 Å². The van der Waals surface area contributed by atoms with Crippen molar-refractivity contribution in [3.63, 3.8) is 0 Å². The Bertz CT molecular complexity index is 604. The molecule has 0 spiro atoms. The molecule has 154 valence electrons. The molecule has 4 rings (SSSR count). The molecule has 4 nitrogen and oxygen atoms in total. The smallest absolute Gasteiger partial charge is 0.225 e. The second-order valence-corrected chi connectivity index (χ2v) is 9.96. The summed E-state index contributed by atoms with van der Waals surface area (Å²) in [5, 5.41) is 0.646. The molecule has 0 saturated carbocycles. The summed E-state index contributed by atoms with van der Waals surface area (Å²) in [4.78, 5) is 19.1. The number of nitrogens with zero attached hydrogens (tertiary/aromatic N) is 2. The Balaban J connectivity index is 1.17. The number of hydrogen-bond donors (Lipinski definition) is 0. The number of carbonyl (C=O) groups excluding carboxylic acids is 1. The first-order chi connectivity index (χ1) is 13.8. The summed E-state index contributed by atoms with van der Waals surface area (Å²) in [7, 11) is 0. The van der Waals surface area contributed by atoms with Gasteiger partial charge >= 0.3 is 0 Å². The number of carbonyl (C=O) groups is 1. The van der Waals surface area contributed by atoms with E-state index in [1.165, 1.54) is 24.3 Å². The molecule has 28 heavy (non-hydrogen) atoms. The van der Waals surface area contributed by atoms with Gasteiger partial charge in [-0.15, -0.1) is 11.8 Å². The lowest BCUT2D eigenvalue weighted by molar-refractivity contribution is -0.138. The van der Waals surface area contributed by atoms with Crippen LogP contribution >= 0.6 is 11.8 Å². The topological polar surface area (TPSA) is 32.8 Å². The van der Waals surface area contributed by atoms with Gasteiger partial charge in [-0.05, 0) is 69.7 Å². The molecule has 3 aliphatic heterocycles. The van der Waals surface area contributed by atoms with Gasteiger partial charge in [0, 0.05) is 48.9 Å². The number of rotatable bonds is 5. The summed E-state index contributed by atoms with van der Waals surface area (Å²) in [6.07, 6.45) is 6.73. The van der Waals surface area contributed by atoms with Crippen molar-refractivity contribution >= 4 is 17.7 Å². The maximum Gasteiger partial charge on any atom is 0.225 e. The minimum absolute atomic E-state index is 0.254. The van der Waals surface area contributed by atoms with Gasteiger partial charge in [0.05, 0.1) is 0 Å². The number of benzene rings is 1. The van der Waals surface area contributed by atoms with Crippen molar-refractivity contribution in [2.24, 2.45) is 11.8 Å². The van der Waals surface area contributed by atoms with Crippen molar-refractivity contribution in [3.8, 4) is 0 Å². The van der Waals surface area contributed by atoms with E-state index in [-0.39, 0.29) is 5.92 Å². The van der Waals surface area contributed by atoms with E-state index in [9.17, 15) is 4.79 Å². The molecule has 0 aliphatic carbocycles. The second-order valence-electron chi connectivity index (χ2n) is 8.59. The first-order valence-corrected chi connectivity index (χ1v) is 12.0. The van der Waals surface area contributed by atoms with E-state index in [0.717, 1.165) is 71.0 Å². The third-order valence-electron chi connectivity index (χ3n) is 6.59. The monoisotopic (exact) mass is 402 g/mol. The average molecular weight is 403 g/mol. The predicted octanol–water partition coefficient (Wildman–Crippen LogP) is 3.91. The van der Waals surface area contributed by atoms with Gasteiger partial charge in [0.25, 0.3) is 0 Å². The van der Waals surface area contributed by atoms with Gasteiger partial charge in [0.1, 0.15) is 0 Å². The van der Waals surface area contributed by atoms with E-state index < -0.39 is 0 Å². The van der Waals surface area contributed by atoms with E-state index in [1.807, 2.05) is 11.8 Å². The van der Waals surface area contributed by atoms with Crippen LogP contribution in [0, 0.1) is 11.8 Å². The minimum Gasteiger partial charge on any atom is -0.381 e. The summed E-state index contributed by atoms with van der Waals surface area (Å²) >= 11 is 1.98. The maximum atomic E-state index is 13.0. The van der Waals surface area contributed by atoms with Crippen LogP contribution in [0.5, 0.6) is 0 Å². The SMILES string of the molecule is O=C(C1CCN(CC2CCOCC2)CC1)N1CCC(Sc2ccccc2)CC1. The van der Waals surface area contributed by atoms with E-state index in [4.69, 9.17) is 4.74 Å². The van der Waals surface area contributed by atoms with E-state index >= 15 is 0 Å². The first kappa shape index (κ1) is 20.2. The largest absolute Gasteiger partial charge is 0.381 e. The van der Waals surface area contributed by atoms with E-state index in [2.05, 4.69) is 40.1 Å². The first-order valence-electron chi connectivity index (χ1n) is 11.1. The van der Waals surface area contributed by atoms with Gasteiger partial charge in [0.15, 0.2) is 0 Å². The highest BCUT2D eigenvalue weighted by molar-refractivity contribution is 8.00. The van der Waals surface area contributed by atoms with Crippen LogP contribution in [-0.4, -0.2) is 66.9 Å². The van der Waals surface area contributed by atoms with Gasteiger partial charge in [-0.1, -0.05) is 18.2 Å². The molecule has 0 bridgehead atoms. The third-order valence-corrected chi connectivity index (χ3v) is 7.94. The molecule has 0 N–H and O–H groups in total. The van der Waals surface area contributed by atoms with Crippen LogP contribution in [0.1, 0.15) is 38.5 Å². The van der Waals surface area contributed by atoms with Crippen molar-refractivity contribution in [1.82, 2.24) is 9.80 Å². The fraction of sp³-hybridized carbons (Fsp3) is 0.696. The summed E-state index contributed by atoms with van der Waals surface area (Å²) in [6.45, 7) is 7.11. The maximum absolute atomic E-state index is 13.0. The average Bonchev–Trinajstić information content (AvgIpc) is 2.76. The Kier molecular flexibility index (Phi) is 7.32. The van der Waals surface area contributed by atoms with Gasteiger partial charge < -0.3 is 14.5 Å². The van der Waals surface area contributed by atoms with Gasteiger partial charge in [-0.2, -0.15) is 0 Å². The Morgan fingerprint density at radius 1 is 0.929 bits per heavy atom. The molecule has 3 saturated heterocycles. The Morgan fingerprint density at radius 2 is 1.61 bits per heavy atom. The van der Waals surface area contributed by atoms with Crippen LogP contribution in [0.15, 0.2) is 35.2 Å². The van der Waals surface area contributed by atoms with Crippen LogP contribution in [0.4, 0.5) is 0 Å². The van der Waals surface area contributed by atoms with Crippen LogP contribution in [0.2, 0.25) is 0 Å². The predicted molar refractivity (Wildman–Crippen MR) is 115 cm³/mol. The molecule has 0 atom stereocenters. The summed E-state index contributed by atoms with van der Waals surface area (Å²) < 4.78 is 5.48. The number of thioether (sulfide) groups is 1. The number of ether oxygens (including phenoxy) is 1. The zero-order chi connectivity index (χ0) is 19.2. The normalized spacial score (nSPS) is 23.8. The lowest BCUT2D eigenvalue weighted by Gasteiger charge is -2.38. The fourth-order valence-electron chi connectivity index (χ4n) is 4.80. The summed E-state index contributed by atoms with van der Waals surface area (Å²) in [5.41, 5.74) is 0. The molecule has 3 heterocycles. The molecule has 3 aliphatic rings. The standard InChI is InChI=1S/C23H34N2O2S/c26-23(20-6-12-24(13-7-20)18-19-10-16-27-17-11-19)25-14-8-22(9-15-25)28-21-4-2-1-3-5-21/h1-5,19-20,22H,6-18H2. The van der Waals surface area contributed by atoms with Gasteiger partial charge in [-0.3, -0.25) is 4.79 Å². The molecule has 5 heteroatoms. The highest BCUT2D eigenvalue weighted by Gasteiger charge is 2.31. The van der Waals surface area contributed by atoms with Gasteiger partial charge in [-0.25, -0.2) is 0 Å². The molecular weight excluding hydrogens is 368 g/mol. The van der Waals surface area contributed by atoms with Crippen molar-refractivity contribution in [2.45, 2.75) is 48.7 Å². The quantitative estimate of drug-likeness (QED) is 0.748. The van der Waals surface area contributed by atoms with Crippen molar-refractivity contribution in [2.75, 3.05) is 45.9 Å². The molecule has 0 radical (unpaired) electrons. The fourth-order valence-corrected chi connectivity index (χ4v) is 5.95. The molecule has 1 aromatic carbocycles. The molecule has 1 aromatic rings. The zero-order valence-corrected chi connectivity index (χ0v) is 17.7. The van der Waals surface area contributed by atoms with E-state index in [0.29, 0.717) is 11.2 Å². The lowest BCUT2D eigenvalue weighted by atomic mass is 9.92. The molecule has 3 fully saturated rings. The van der Waals surface area contributed by atoms with Crippen LogP contribution < -0.4 is 0 Å². The Labute approximate surface area is 174 Å². The number of likely N-dealkylation sites (tertiary alicyclic amines) is 2. The zero-order valence-electron chi connectivity index (χ0n) is 16.9. The van der Waals surface area contributed by atoms with Crippen LogP contribution in [0.3, 0.4) is 0 Å². The number of piperidine rings is 2. The lowest BCUT2D eigenvalue weighted by Crippen LogP contribution is -2.46. The molecule has 0 aromatic heterocycles. The van der Waals surface area contributed by atoms with E-state index in [1.54, 1.807) is 0 Å². The highest BCUT2D eigenvalue weighted by Crippen LogP contribution is 2.31. The number of amides is 1.